The second-order valence-corrected chi connectivity index (χ2v) is 7.46. The Bertz CT molecular complexity index is 963. The normalized spacial score (nSPS) is 14.8. The predicted octanol–water partition coefficient (Wildman–Crippen LogP) is 3.82. The lowest BCUT2D eigenvalue weighted by Gasteiger charge is -2.22. The van der Waals surface area contributed by atoms with Crippen molar-refractivity contribution in [1.29, 1.82) is 0 Å². The molecule has 3 heterocycles. The molecule has 0 atom stereocenters. The SMILES string of the molecule is O=C(c1ccc(-n2cccc2)cc1)N1CCCN(C(=O)c2ccc(Br)o2)CC1. The van der Waals surface area contributed by atoms with E-state index in [1.807, 2.05) is 58.3 Å². The van der Waals surface area contributed by atoms with E-state index < -0.39 is 0 Å². The van der Waals surface area contributed by atoms with Gasteiger partial charge in [0, 0.05) is 49.8 Å². The number of amides is 2. The van der Waals surface area contributed by atoms with Gasteiger partial charge < -0.3 is 18.8 Å². The minimum absolute atomic E-state index is 0.00546. The third kappa shape index (κ3) is 3.89. The molecule has 1 aliphatic heterocycles. The van der Waals surface area contributed by atoms with Crippen molar-refractivity contribution in [2.45, 2.75) is 6.42 Å². The molecule has 1 fully saturated rings. The number of carbonyl (C=O) groups excluding carboxylic acids is 2. The quantitative estimate of drug-likeness (QED) is 0.620. The average molecular weight is 442 g/mol. The number of hydrogen-bond acceptors (Lipinski definition) is 3. The molecule has 0 aliphatic carbocycles. The van der Waals surface area contributed by atoms with Gasteiger partial charge in [-0.05, 0) is 70.9 Å². The van der Waals surface area contributed by atoms with Gasteiger partial charge in [-0.25, -0.2) is 0 Å². The Morgan fingerprint density at radius 2 is 1.46 bits per heavy atom. The molecular weight excluding hydrogens is 422 g/mol. The first-order valence-corrected chi connectivity index (χ1v) is 9.98. The summed E-state index contributed by atoms with van der Waals surface area (Å²) in [7, 11) is 0. The Balaban J connectivity index is 1.41. The maximum Gasteiger partial charge on any atom is 0.289 e. The lowest BCUT2D eigenvalue weighted by atomic mass is 10.1. The van der Waals surface area contributed by atoms with Gasteiger partial charge in [0.15, 0.2) is 10.4 Å². The summed E-state index contributed by atoms with van der Waals surface area (Å²) in [6, 6.07) is 14.9. The molecule has 1 aliphatic rings. The van der Waals surface area contributed by atoms with E-state index in [0.717, 1.165) is 12.1 Å². The highest BCUT2D eigenvalue weighted by atomic mass is 79.9. The van der Waals surface area contributed by atoms with E-state index in [1.165, 1.54) is 0 Å². The Morgan fingerprint density at radius 3 is 2.07 bits per heavy atom. The van der Waals surface area contributed by atoms with E-state index in [2.05, 4.69) is 15.9 Å². The van der Waals surface area contributed by atoms with Gasteiger partial charge in [0.25, 0.3) is 11.8 Å². The summed E-state index contributed by atoms with van der Waals surface area (Å²) in [6.45, 7) is 2.23. The van der Waals surface area contributed by atoms with Crippen LogP contribution in [0.1, 0.15) is 27.3 Å². The summed E-state index contributed by atoms with van der Waals surface area (Å²) in [5, 5.41) is 0. The van der Waals surface area contributed by atoms with Crippen molar-refractivity contribution in [2.75, 3.05) is 26.2 Å². The lowest BCUT2D eigenvalue weighted by Crippen LogP contribution is -2.37. The number of hydrogen-bond donors (Lipinski definition) is 0. The number of benzene rings is 1. The molecule has 0 unspecified atom stereocenters. The van der Waals surface area contributed by atoms with Crippen LogP contribution in [0.5, 0.6) is 0 Å². The molecule has 6 nitrogen and oxygen atoms in total. The Hall–Kier alpha value is -2.80. The van der Waals surface area contributed by atoms with Crippen LogP contribution >= 0.6 is 15.9 Å². The molecule has 28 heavy (non-hydrogen) atoms. The lowest BCUT2D eigenvalue weighted by molar-refractivity contribution is 0.0699. The highest BCUT2D eigenvalue weighted by Gasteiger charge is 2.25. The fraction of sp³-hybridized carbons (Fsp3) is 0.238. The van der Waals surface area contributed by atoms with Crippen molar-refractivity contribution in [3.05, 3.63) is 76.9 Å². The van der Waals surface area contributed by atoms with Gasteiger partial charge in [-0.15, -0.1) is 0 Å². The van der Waals surface area contributed by atoms with E-state index in [-0.39, 0.29) is 11.8 Å². The topological polar surface area (TPSA) is 58.7 Å². The Labute approximate surface area is 171 Å². The first-order valence-electron chi connectivity index (χ1n) is 9.19. The second kappa shape index (κ2) is 8.06. The zero-order valence-electron chi connectivity index (χ0n) is 15.3. The van der Waals surface area contributed by atoms with Gasteiger partial charge in [-0.2, -0.15) is 0 Å². The minimum atomic E-state index is -0.143. The van der Waals surface area contributed by atoms with Crippen LogP contribution in [0.4, 0.5) is 0 Å². The van der Waals surface area contributed by atoms with Crippen molar-refractivity contribution >= 4 is 27.7 Å². The van der Waals surface area contributed by atoms with Gasteiger partial charge in [0.2, 0.25) is 0 Å². The molecule has 0 radical (unpaired) electrons. The summed E-state index contributed by atoms with van der Waals surface area (Å²) in [6.07, 6.45) is 4.67. The van der Waals surface area contributed by atoms with Gasteiger partial charge >= 0.3 is 0 Å². The molecule has 4 rings (SSSR count). The second-order valence-electron chi connectivity index (χ2n) is 6.68. The number of halogens is 1. The van der Waals surface area contributed by atoms with Crippen LogP contribution in [0.3, 0.4) is 0 Å². The Morgan fingerprint density at radius 1 is 0.821 bits per heavy atom. The number of carbonyl (C=O) groups is 2. The van der Waals surface area contributed by atoms with Crippen LogP contribution in [-0.4, -0.2) is 52.4 Å². The number of aromatic nitrogens is 1. The molecule has 2 amide bonds. The molecule has 0 bridgehead atoms. The van der Waals surface area contributed by atoms with Crippen LogP contribution in [0, 0.1) is 0 Å². The minimum Gasteiger partial charge on any atom is -0.444 e. The molecule has 0 N–H and O–H groups in total. The van der Waals surface area contributed by atoms with Gasteiger partial charge in [0.1, 0.15) is 0 Å². The highest BCUT2D eigenvalue weighted by Crippen LogP contribution is 2.18. The fourth-order valence-electron chi connectivity index (χ4n) is 3.37. The molecule has 3 aromatic rings. The summed E-state index contributed by atoms with van der Waals surface area (Å²) in [5.74, 6) is 0.164. The highest BCUT2D eigenvalue weighted by molar-refractivity contribution is 9.10. The largest absolute Gasteiger partial charge is 0.444 e. The maximum atomic E-state index is 12.9. The number of rotatable bonds is 3. The monoisotopic (exact) mass is 441 g/mol. The van der Waals surface area contributed by atoms with Crippen LogP contribution in [0.25, 0.3) is 5.69 Å². The Kier molecular flexibility index (Phi) is 5.34. The zero-order valence-corrected chi connectivity index (χ0v) is 16.8. The van der Waals surface area contributed by atoms with E-state index in [9.17, 15) is 9.59 Å². The average Bonchev–Trinajstić information content (AvgIpc) is 3.34. The van der Waals surface area contributed by atoms with E-state index in [4.69, 9.17) is 4.42 Å². The molecule has 1 saturated heterocycles. The number of furan rings is 1. The van der Waals surface area contributed by atoms with Crippen LogP contribution in [-0.2, 0) is 0 Å². The van der Waals surface area contributed by atoms with Crippen molar-refractivity contribution in [3.63, 3.8) is 0 Å². The fourth-order valence-corrected chi connectivity index (χ4v) is 3.68. The summed E-state index contributed by atoms with van der Waals surface area (Å²) >= 11 is 3.22. The van der Waals surface area contributed by atoms with Crippen molar-refractivity contribution in [1.82, 2.24) is 14.4 Å². The molecule has 1 aromatic carbocycles. The van der Waals surface area contributed by atoms with Crippen molar-refractivity contribution in [2.24, 2.45) is 0 Å². The molecule has 2 aromatic heterocycles. The first-order chi connectivity index (χ1) is 13.6. The van der Waals surface area contributed by atoms with Crippen molar-refractivity contribution < 1.29 is 14.0 Å². The van der Waals surface area contributed by atoms with Crippen LogP contribution < -0.4 is 0 Å². The summed E-state index contributed by atoms with van der Waals surface area (Å²) in [5.41, 5.74) is 1.67. The smallest absolute Gasteiger partial charge is 0.289 e. The van der Waals surface area contributed by atoms with Crippen molar-refractivity contribution in [3.8, 4) is 5.69 Å². The molecular formula is C21H20BrN3O3. The summed E-state index contributed by atoms with van der Waals surface area (Å²) in [4.78, 5) is 29.0. The van der Waals surface area contributed by atoms with Crippen LogP contribution in [0.2, 0.25) is 0 Å². The maximum absolute atomic E-state index is 12.9. The molecule has 0 saturated carbocycles. The molecule has 144 valence electrons. The van der Waals surface area contributed by atoms with Gasteiger partial charge in [-0.1, -0.05) is 0 Å². The zero-order chi connectivity index (χ0) is 19.5. The van der Waals surface area contributed by atoms with E-state index in [1.54, 1.807) is 17.0 Å². The first kappa shape index (κ1) is 18.6. The standard InChI is InChI=1S/C21H20BrN3O3/c22-19-9-8-18(28-19)21(27)25-13-3-12-24(14-15-25)20(26)16-4-6-17(7-5-16)23-10-1-2-11-23/h1-2,4-11H,3,12-15H2. The molecule has 0 spiro atoms. The molecule has 7 heteroatoms. The van der Waals surface area contributed by atoms with Gasteiger partial charge in [-0.3, -0.25) is 9.59 Å². The summed E-state index contributed by atoms with van der Waals surface area (Å²) < 4.78 is 7.90. The predicted molar refractivity (Wildman–Crippen MR) is 109 cm³/mol. The van der Waals surface area contributed by atoms with E-state index in [0.29, 0.717) is 42.2 Å². The van der Waals surface area contributed by atoms with Gasteiger partial charge in [0.05, 0.1) is 0 Å². The third-order valence-electron chi connectivity index (χ3n) is 4.87. The van der Waals surface area contributed by atoms with E-state index >= 15 is 0 Å². The third-order valence-corrected chi connectivity index (χ3v) is 5.30. The number of nitrogens with zero attached hydrogens (tertiary/aromatic N) is 3. The van der Waals surface area contributed by atoms with Crippen LogP contribution in [0.15, 0.2) is 70.0 Å².